The Labute approximate surface area is 164 Å². The maximum Gasteiger partial charge on any atom is 0.253 e. The first kappa shape index (κ1) is 18.5. The number of benzene rings is 2. The minimum absolute atomic E-state index is 0.0107. The summed E-state index contributed by atoms with van der Waals surface area (Å²) in [6.07, 6.45) is -0.498. The number of amides is 2. The third kappa shape index (κ3) is 3.24. The van der Waals surface area contributed by atoms with Gasteiger partial charge in [0, 0.05) is 38.2 Å². The van der Waals surface area contributed by atoms with Gasteiger partial charge in [-0.25, -0.2) is 0 Å². The van der Waals surface area contributed by atoms with Crippen molar-refractivity contribution < 1.29 is 19.1 Å². The lowest BCUT2D eigenvalue weighted by molar-refractivity contribution is -0.138. The fourth-order valence-corrected chi connectivity index (χ4v) is 4.28. The molecule has 0 bridgehead atoms. The molecular formula is C22H24N2O4. The van der Waals surface area contributed by atoms with E-state index < -0.39 is 6.10 Å². The Morgan fingerprint density at radius 1 is 1.04 bits per heavy atom. The predicted molar refractivity (Wildman–Crippen MR) is 104 cm³/mol. The number of methoxy groups -OCH3 is 2. The molecule has 2 aromatic carbocycles. The molecule has 0 saturated carbocycles. The molecule has 2 aromatic rings. The summed E-state index contributed by atoms with van der Waals surface area (Å²) in [6, 6.07) is 17.0. The molecule has 0 aromatic heterocycles. The van der Waals surface area contributed by atoms with Crippen LogP contribution in [0.2, 0.25) is 0 Å². The Hall–Kier alpha value is -2.86. The van der Waals surface area contributed by atoms with E-state index in [1.54, 1.807) is 38.5 Å². The molecule has 2 fully saturated rings. The Bertz CT molecular complexity index is 853. The summed E-state index contributed by atoms with van der Waals surface area (Å²) >= 11 is 0. The highest BCUT2D eigenvalue weighted by Crippen LogP contribution is 2.36. The fraction of sp³-hybridized carbons (Fsp3) is 0.364. The highest BCUT2D eigenvalue weighted by atomic mass is 16.5. The van der Waals surface area contributed by atoms with Crippen LogP contribution in [0.4, 0.5) is 0 Å². The first-order chi connectivity index (χ1) is 13.6. The Kier molecular flexibility index (Phi) is 5.05. The lowest BCUT2D eigenvalue weighted by Gasteiger charge is -2.25. The molecule has 4 rings (SSSR count). The van der Waals surface area contributed by atoms with Crippen LogP contribution in [0, 0.1) is 5.92 Å². The second-order valence-electron chi connectivity index (χ2n) is 7.28. The zero-order valence-corrected chi connectivity index (χ0v) is 16.1. The van der Waals surface area contributed by atoms with Gasteiger partial charge in [-0.15, -0.1) is 0 Å². The van der Waals surface area contributed by atoms with Gasteiger partial charge in [0.2, 0.25) is 0 Å². The fourth-order valence-electron chi connectivity index (χ4n) is 4.28. The molecule has 2 heterocycles. The van der Waals surface area contributed by atoms with Gasteiger partial charge < -0.3 is 19.3 Å². The zero-order chi connectivity index (χ0) is 19.7. The summed E-state index contributed by atoms with van der Waals surface area (Å²) < 4.78 is 10.7. The molecule has 0 radical (unpaired) electrons. The van der Waals surface area contributed by atoms with E-state index in [1.165, 1.54) is 0 Å². The van der Waals surface area contributed by atoms with Crippen LogP contribution in [0.3, 0.4) is 0 Å². The molecule has 0 unspecified atom stereocenters. The van der Waals surface area contributed by atoms with E-state index >= 15 is 0 Å². The topological polar surface area (TPSA) is 59.1 Å². The van der Waals surface area contributed by atoms with Gasteiger partial charge in [0.15, 0.2) is 0 Å². The average molecular weight is 380 g/mol. The highest BCUT2D eigenvalue weighted by molar-refractivity contribution is 5.95. The van der Waals surface area contributed by atoms with E-state index in [-0.39, 0.29) is 23.8 Å². The third-order valence-electron chi connectivity index (χ3n) is 5.72. The van der Waals surface area contributed by atoms with Crippen LogP contribution < -0.4 is 4.74 Å². The van der Waals surface area contributed by atoms with Crippen molar-refractivity contribution in [2.45, 2.75) is 18.7 Å². The van der Waals surface area contributed by atoms with E-state index in [9.17, 15) is 9.59 Å². The van der Waals surface area contributed by atoms with Crippen LogP contribution in [-0.4, -0.2) is 61.1 Å². The van der Waals surface area contributed by atoms with Gasteiger partial charge in [-0.05, 0) is 29.8 Å². The molecule has 28 heavy (non-hydrogen) atoms. The molecule has 2 saturated heterocycles. The van der Waals surface area contributed by atoms with E-state index in [0.29, 0.717) is 30.9 Å². The highest BCUT2D eigenvalue weighted by Gasteiger charge is 2.53. The summed E-state index contributed by atoms with van der Waals surface area (Å²) in [5, 5.41) is 0. The average Bonchev–Trinajstić information content (AvgIpc) is 3.26. The lowest BCUT2D eigenvalue weighted by Crippen LogP contribution is -2.40. The van der Waals surface area contributed by atoms with Gasteiger partial charge >= 0.3 is 0 Å². The summed E-state index contributed by atoms with van der Waals surface area (Å²) in [5.74, 6) is 0.689. The molecule has 2 aliphatic heterocycles. The largest absolute Gasteiger partial charge is 0.497 e. The summed E-state index contributed by atoms with van der Waals surface area (Å²) in [6.45, 7) is 1.57. The SMILES string of the molecule is COc1ccc(C(=O)N2C[C@@H]3[C@H](OC)C(=O)N(Cc4ccccc4)[C@@H]3C2)cc1. The molecule has 0 aliphatic carbocycles. The number of carbonyl (C=O) groups is 2. The lowest BCUT2D eigenvalue weighted by atomic mass is 10.0. The van der Waals surface area contributed by atoms with Gasteiger partial charge in [0.25, 0.3) is 11.8 Å². The van der Waals surface area contributed by atoms with Crippen molar-refractivity contribution in [3.63, 3.8) is 0 Å². The Morgan fingerprint density at radius 3 is 2.39 bits per heavy atom. The van der Waals surface area contributed by atoms with Crippen LogP contribution in [0.5, 0.6) is 5.75 Å². The van der Waals surface area contributed by atoms with Crippen molar-refractivity contribution in [2.24, 2.45) is 5.92 Å². The smallest absolute Gasteiger partial charge is 0.253 e. The van der Waals surface area contributed by atoms with Gasteiger partial charge in [0.1, 0.15) is 11.9 Å². The van der Waals surface area contributed by atoms with Crippen molar-refractivity contribution in [3.8, 4) is 5.75 Å². The monoisotopic (exact) mass is 380 g/mol. The van der Waals surface area contributed by atoms with Crippen molar-refractivity contribution in [2.75, 3.05) is 27.3 Å². The zero-order valence-electron chi connectivity index (χ0n) is 16.1. The van der Waals surface area contributed by atoms with Gasteiger partial charge in [0.05, 0.1) is 13.2 Å². The van der Waals surface area contributed by atoms with E-state index in [2.05, 4.69) is 0 Å². The molecule has 0 N–H and O–H groups in total. The van der Waals surface area contributed by atoms with Gasteiger partial charge in [-0.2, -0.15) is 0 Å². The van der Waals surface area contributed by atoms with E-state index in [1.807, 2.05) is 40.1 Å². The predicted octanol–water partition coefficient (Wildman–Crippen LogP) is 2.19. The standard InChI is InChI=1S/C22H24N2O4/c1-27-17-10-8-16(9-11-17)21(25)23-13-18-19(14-23)24(22(26)20(18)28-2)12-15-6-4-3-5-7-15/h3-11,18-20H,12-14H2,1-2H3/t18-,19+,20-/m0/s1. The van der Waals surface area contributed by atoms with Crippen LogP contribution in [0.1, 0.15) is 15.9 Å². The van der Waals surface area contributed by atoms with E-state index in [4.69, 9.17) is 9.47 Å². The van der Waals surface area contributed by atoms with Crippen LogP contribution in [0.25, 0.3) is 0 Å². The third-order valence-corrected chi connectivity index (χ3v) is 5.72. The second kappa shape index (κ2) is 7.64. The minimum Gasteiger partial charge on any atom is -0.497 e. The molecule has 146 valence electrons. The first-order valence-electron chi connectivity index (χ1n) is 9.43. The summed E-state index contributed by atoms with van der Waals surface area (Å²) in [7, 11) is 3.17. The number of hydrogen-bond donors (Lipinski definition) is 0. The Morgan fingerprint density at radius 2 is 1.75 bits per heavy atom. The first-order valence-corrected chi connectivity index (χ1v) is 9.43. The normalized spacial score (nSPS) is 23.8. The van der Waals surface area contributed by atoms with Crippen molar-refractivity contribution in [1.82, 2.24) is 9.80 Å². The number of rotatable bonds is 5. The van der Waals surface area contributed by atoms with Crippen molar-refractivity contribution >= 4 is 11.8 Å². The summed E-state index contributed by atoms with van der Waals surface area (Å²) in [5.41, 5.74) is 1.70. The molecule has 6 heteroatoms. The number of likely N-dealkylation sites (tertiary alicyclic amines) is 2. The molecule has 2 amide bonds. The van der Waals surface area contributed by atoms with Gasteiger partial charge in [-0.1, -0.05) is 30.3 Å². The quantitative estimate of drug-likeness (QED) is 0.798. The number of ether oxygens (including phenoxy) is 2. The van der Waals surface area contributed by atoms with Crippen LogP contribution in [-0.2, 0) is 16.1 Å². The number of carbonyl (C=O) groups excluding carboxylic acids is 2. The molecule has 2 aliphatic rings. The van der Waals surface area contributed by atoms with Crippen LogP contribution in [0.15, 0.2) is 54.6 Å². The second-order valence-corrected chi connectivity index (χ2v) is 7.28. The number of nitrogens with zero attached hydrogens (tertiary/aromatic N) is 2. The summed E-state index contributed by atoms with van der Waals surface area (Å²) in [4.78, 5) is 29.5. The Balaban J connectivity index is 1.53. The maximum absolute atomic E-state index is 13.0. The minimum atomic E-state index is -0.498. The molecule has 3 atom stereocenters. The van der Waals surface area contributed by atoms with Crippen molar-refractivity contribution in [1.29, 1.82) is 0 Å². The van der Waals surface area contributed by atoms with Crippen LogP contribution >= 0.6 is 0 Å². The number of fused-ring (bicyclic) bond motifs is 1. The van der Waals surface area contributed by atoms with Crippen molar-refractivity contribution in [3.05, 3.63) is 65.7 Å². The molecular weight excluding hydrogens is 356 g/mol. The number of hydrogen-bond acceptors (Lipinski definition) is 4. The molecule has 0 spiro atoms. The molecule has 6 nitrogen and oxygen atoms in total. The van der Waals surface area contributed by atoms with Gasteiger partial charge in [-0.3, -0.25) is 9.59 Å². The maximum atomic E-state index is 13.0. The van der Waals surface area contributed by atoms with E-state index in [0.717, 1.165) is 5.56 Å².